The molecule has 0 atom stereocenters. The molecule has 0 amide bonds. The van der Waals surface area contributed by atoms with Crippen molar-refractivity contribution < 1.29 is 4.39 Å². The molecule has 0 bridgehead atoms. The van der Waals surface area contributed by atoms with E-state index in [1.807, 2.05) is 12.1 Å². The van der Waals surface area contributed by atoms with Gasteiger partial charge in [-0.25, -0.2) is 9.37 Å². The van der Waals surface area contributed by atoms with E-state index >= 15 is 0 Å². The average Bonchev–Trinajstić information content (AvgIpc) is 2.65. The fourth-order valence-electron chi connectivity index (χ4n) is 2.11. The van der Waals surface area contributed by atoms with Gasteiger partial charge in [0.25, 0.3) is 0 Å². The third-order valence-electron chi connectivity index (χ3n) is 3.03. The maximum absolute atomic E-state index is 13.5. The largest absolute Gasteiger partial charge is 0.369 e. The van der Waals surface area contributed by atoms with Gasteiger partial charge in [-0.3, -0.25) is 4.57 Å². The van der Waals surface area contributed by atoms with Gasteiger partial charge in [0.1, 0.15) is 5.82 Å². The highest BCUT2D eigenvalue weighted by Crippen LogP contribution is 2.26. The molecule has 2 aromatic carbocycles. The number of anilines is 1. The molecule has 96 valence electrons. The number of imidazole rings is 1. The van der Waals surface area contributed by atoms with E-state index in [0.717, 1.165) is 11.2 Å². The molecule has 1 heterocycles. The van der Waals surface area contributed by atoms with E-state index in [1.165, 1.54) is 6.07 Å². The molecule has 0 saturated carbocycles. The number of aromatic nitrogens is 2. The van der Waals surface area contributed by atoms with Crippen molar-refractivity contribution in [1.29, 1.82) is 0 Å². The number of nitrogen functional groups attached to an aromatic ring is 1. The van der Waals surface area contributed by atoms with Gasteiger partial charge in [-0.05, 0) is 36.8 Å². The smallest absolute Gasteiger partial charge is 0.205 e. The Morgan fingerprint density at radius 3 is 2.79 bits per heavy atom. The zero-order valence-electron chi connectivity index (χ0n) is 10.2. The van der Waals surface area contributed by atoms with E-state index in [2.05, 4.69) is 4.98 Å². The fourth-order valence-corrected chi connectivity index (χ4v) is 2.29. The zero-order valence-corrected chi connectivity index (χ0v) is 10.9. The summed E-state index contributed by atoms with van der Waals surface area (Å²) in [7, 11) is 0. The number of aryl methyl sites for hydroxylation is 1. The van der Waals surface area contributed by atoms with E-state index in [9.17, 15) is 4.39 Å². The van der Waals surface area contributed by atoms with Crippen LogP contribution in [0, 0.1) is 12.7 Å². The summed E-state index contributed by atoms with van der Waals surface area (Å²) < 4.78 is 15.3. The van der Waals surface area contributed by atoms with Crippen LogP contribution >= 0.6 is 11.6 Å². The van der Waals surface area contributed by atoms with Crippen molar-refractivity contribution >= 4 is 28.6 Å². The summed E-state index contributed by atoms with van der Waals surface area (Å²) in [6.07, 6.45) is 0. The molecule has 0 saturated heterocycles. The maximum Gasteiger partial charge on any atom is 0.205 e. The quantitative estimate of drug-likeness (QED) is 0.736. The van der Waals surface area contributed by atoms with Crippen LogP contribution in [0.15, 0.2) is 36.4 Å². The molecule has 3 aromatic rings. The predicted molar refractivity (Wildman–Crippen MR) is 75.2 cm³/mol. The summed E-state index contributed by atoms with van der Waals surface area (Å²) in [6, 6.07) is 10.4. The maximum atomic E-state index is 13.5. The van der Waals surface area contributed by atoms with Gasteiger partial charge in [0.15, 0.2) is 0 Å². The summed E-state index contributed by atoms with van der Waals surface area (Å²) in [6.45, 7) is 1.71. The lowest BCUT2D eigenvalue weighted by Gasteiger charge is -2.07. The van der Waals surface area contributed by atoms with Crippen LogP contribution in [0.3, 0.4) is 0 Å². The lowest BCUT2D eigenvalue weighted by atomic mass is 10.2. The van der Waals surface area contributed by atoms with E-state index in [-0.39, 0.29) is 5.82 Å². The van der Waals surface area contributed by atoms with E-state index in [0.29, 0.717) is 22.1 Å². The highest BCUT2D eigenvalue weighted by atomic mass is 35.5. The zero-order chi connectivity index (χ0) is 13.6. The van der Waals surface area contributed by atoms with Crippen LogP contribution in [0.5, 0.6) is 0 Å². The molecule has 0 fully saturated rings. The summed E-state index contributed by atoms with van der Waals surface area (Å²) in [5, 5.41) is 0.609. The molecule has 5 heteroatoms. The highest BCUT2D eigenvalue weighted by Gasteiger charge is 2.12. The summed E-state index contributed by atoms with van der Waals surface area (Å²) >= 11 is 5.99. The minimum atomic E-state index is -0.289. The minimum Gasteiger partial charge on any atom is -0.369 e. The van der Waals surface area contributed by atoms with E-state index < -0.39 is 0 Å². The van der Waals surface area contributed by atoms with Gasteiger partial charge in [0.2, 0.25) is 5.95 Å². The van der Waals surface area contributed by atoms with Crippen molar-refractivity contribution in [2.24, 2.45) is 0 Å². The third kappa shape index (κ3) is 1.94. The first-order valence-corrected chi connectivity index (χ1v) is 6.14. The Bertz CT molecular complexity index is 780. The van der Waals surface area contributed by atoms with Crippen LogP contribution in [0.25, 0.3) is 16.7 Å². The van der Waals surface area contributed by atoms with Crippen molar-refractivity contribution in [2.75, 3.05) is 5.73 Å². The van der Waals surface area contributed by atoms with Crippen LogP contribution < -0.4 is 5.73 Å². The summed E-state index contributed by atoms with van der Waals surface area (Å²) in [5.74, 6) is 0.0190. The molecule has 0 unspecified atom stereocenters. The highest BCUT2D eigenvalue weighted by molar-refractivity contribution is 6.30. The normalized spacial score (nSPS) is 11.1. The first kappa shape index (κ1) is 12.0. The average molecular weight is 276 g/mol. The molecular weight excluding hydrogens is 265 g/mol. The van der Waals surface area contributed by atoms with Crippen LogP contribution in [0.2, 0.25) is 5.02 Å². The Hall–Kier alpha value is -2.07. The fraction of sp³-hybridized carbons (Fsp3) is 0.0714. The standard InChI is InChI=1S/C14H11ClFN3/c1-8-5-13-12(7-11(8)16)18-14(17)19(13)10-4-2-3-9(15)6-10/h2-7H,1H3,(H2,17,18). The number of rotatable bonds is 1. The SMILES string of the molecule is Cc1cc2c(cc1F)nc(N)n2-c1cccc(Cl)c1. The van der Waals surface area contributed by atoms with Crippen molar-refractivity contribution in [1.82, 2.24) is 9.55 Å². The monoisotopic (exact) mass is 275 g/mol. The topological polar surface area (TPSA) is 43.8 Å². The number of hydrogen-bond donors (Lipinski definition) is 1. The molecule has 2 N–H and O–H groups in total. The number of nitrogens with two attached hydrogens (primary N) is 1. The second kappa shape index (κ2) is 4.24. The Kier molecular flexibility index (Phi) is 2.68. The Morgan fingerprint density at radius 1 is 1.26 bits per heavy atom. The summed E-state index contributed by atoms with van der Waals surface area (Å²) in [4.78, 5) is 4.18. The van der Waals surface area contributed by atoms with Gasteiger partial charge in [-0.2, -0.15) is 0 Å². The molecule has 19 heavy (non-hydrogen) atoms. The first-order valence-electron chi connectivity index (χ1n) is 5.76. The number of fused-ring (bicyclic) bond motifs is 1. The second-order valence-electron chi connectivity index (χ2n) is 4.38. The lowest BCUT2D eigenvalue weighted by Crippen LogP contribution is -2.00. The van der Waals surface area contributed by atoms with Crippen LogP contribution in [0.1, 0.15) is 5.56 Å². The third-order valence-corrected chi connectivity index (χ3v) is 3.26. The van der Waals surface area contributed by atoms with Gasteiger partial charge in [0.05, 0.1) is 16.7 Å². The van der Waals surface area contributed by atoms with Crippen LogP contribution in [-0.2, 0) is 0 Å². The molecule has 1 aromatic heterocycles. The molecule has 0 spiro atoms. The van der Waals surface area contributed by atoms with Crippen molar-refractivity contribution in [2.45, 2.75) is 6.92 Å². The second-order valence-corrected chi connectivity index (χ2v) is 4.81. The van der Waals surface area contributed by atoms with Crippen LogP contribution in [0.4, 0.5) is 10.3 Å². The van der Waals surface area contributed by atoms with E-state index in [1.54, 1.807) is 29.7 Å². The Balaban J connectivity index is 2.34. The molecule has 0 radical (unpaired) electrons. The molecule has 3 rings (SSSR count). The van der Waals surface area contributed by atoms with Gasteiger partial charge < -0.3 is 5.73 Å². The van der Waals surface area contributed by atoms with Gasteiger partial charge in [-0.1, -0.05) is 17.7 Å². The van der Waals surface area contributed by atoms with Gasteiger partial charge in [-0.15, -0.1) is 0 Å². The van der Waals surface area contributed by atoms with Crippen molar-refractivity contribution in [3.05, 3.63) is 52.8 Å². The summed E-state index contributed by atoms with van der Waals surface area (Å²) in [5.41, 5.74) is 8.57. The van der Waals surface area contributed by atoms with Gasteiger partial charge >= 0.3 is 0 Å². The number of halogens is 2. The molecule has 0 aliphatic carbocycles. The molecule has 3 nitrogen and oxygen atoms in total. The Labute approximate surface area is 114 Å². The molecule has 0 aliphatic rings. The molecular formula is C14H11ClFN3. The van der Waals surface area contributed by atoms with Crippen LogP contribution in [-0.4, -0.2) is 9.55 Å². The number of benzene rings is 2. The first-order chi connectivity index (χ1) is 9.06. The number of nitrogens with zero attached hydrogens (tertiary/aromatic N) is 2. The number of hydrogen-bond acceptors (Lipinski definition) is 2. The van der Waals surface area contributed by atoms with E-state index in [4.69, 9.17) is 17.3 Å². The Morgan fingerprint density at radius 2 is 2.05 bits per heavy atom. The van der Waals surface area contributed by atoms with Gasteiger partial charge in [0, 0.05) is 11.1 Å². The predicted octanol–water partition coefficient (Wildman–Crippen LogP) is 3.71. The lowest BCUT2D eigenvalue weighted by molar-refractivity contribution is 0.620. The van der Waals surface area contributed by atoms with Crippen molar-refractivity contribution in [3.63, 3.8) is 0 Å². The molecule has 0 aliphatic heterocycles. The minimum absolute atomic E-state index is 0.289. The van der Waals surface area contributed by atoms with Crippen molar-refractivity contribution in [3.8, 4) is 5.69 Å².